The molecule has 0 aromatic heterocycles. The molecular weight excluding hydrogens is 316 g/mol. The van der Waals surface area contributed by atoms with E-state index in [1.807, 2.05) is 24.3 Å². The highest BCUT2D eigenvalue weighted by Crippen LogP contribution is 2.13. The molecule has 0 spiro atoms. The lowest BCUT2D eigenvalue weighted by atomic mass is 10.2. The van der Waals surface area contributed by atoms with E-state index < -0.39 is 0 Å². The van der Waals surface area contributed by atoms with Crippen LogP contribution in [-0.4, -0.2) is 25.3 Å². The van der Waals surface area contributed by atoms with Gasteiger partial charge in [0.1, 0.15) is 18.1 Å². The Bertz CT molecular complexity index is 707. The van der Waals surface area contributed by atoms with Gasteiger partial charge in [0.15, 0.2) is 0 Å². The van der Waals surface area contributed by atoms with Gasteiger partial charge in [-0.1, -0.05) is 19.6 Å². The first-order chi connectivity index (χ1) is 12.2. The molecule has 130 valence electrons. The van der Waals surface area contributed by atoms with E-state index in [0.717, 1.165) is 17.7 Å². The van der Waals surface area contributed by atoms with E-state index in [9.17, 15) is 4.79 Å². The van der Waals surface area contributed by atoms with E-state index in [4.69, 9.17) is 9.47 Å². The van der Waals surface area contributed by atoms with Crippen molar-refractivity contribution in [1.29, 1.82) is 0 Å². The van der Waals surface area contributed by atoms with Crippen molar-refractivity contribution in [1.82, 2.24) is 5.43 Å². The highest BCUT2D eigenvalue weighted by molar-refractivity contribution is 5.95. The maximum Gasteiger partial charge on any atom is 0.271 e. The Morgan fingerprint density at radius 2 is 1.72 bits per heavy atom. The molecule has 0 atom stereocenters. The first-order valence-electron chi connectivity index (χ1n) is 8.13. The fourth-order valence-electron chi connectivity index (χ4n) is 1.96. The van der Waals surface area contributed by atoms with Crippen LogP contribution in [0.25, 0.3) is 0 Å². The third kappa shape index (κ3) is 6.14. The van der Waals surface area contributed by atoms with Gasteiger partial charge in [-0.05, 0) is 60.5 Å². The number of benzene rings is 2. The van der Waals surface area contributed by atoms with Gasteiger partial charge in [-0.2, -0.15) is 5.10 Å². The molecule has 0 fully saturated rings. The zero-order valence-electron chi connectivity index (χ0n) is 14.3. The van der Waals surface area contributed by atoms with Crippen LogP contribution in [0.15, 0.2) is 66.3 Å². The minimum atomic E-state index is -0.283. The van der Waals surface area contributed by atoms with Crippen LogP contribution in [-0.2, 0) is 0 Å². The summed E-state index contributed by atoms with van der Waals surface area (Å²) in [4.78, 5) is 12.0. The zero-order valence-corrected chi connectivity index (χ0v) is 14.3. The van der Waals surface area contributed by atoms with Crippen LogP contribution in [0.5, 0.6) is 11.5 Å². The van der Waals surface area contributed by atoms with Crippen molar-refractivity contribution in [2.75, 3.05) is 13.2 Å². The van der Waals surface area contributed by atoms with Crippen molar-refractivity contribution >= 4 is 12.1 Å². The molecule has 0 saturated heterocycles. The van der Waals surface area contributed by atoms with Gasteiger partial charge in [-0.3, -0.25) is 4.79 Å². The number of nitrogens with one attached hydrogen (secondary N) is 1. The summed E-state index contributed by atoms with van der Waals surface area (Å²) >= 11 is 0. The number of nitrogens with zero attached hydrogens (tertiary/aromatic N) is 1. The Labute approximate surface area is 148 Å². The molecule has 0 unspecified atom stereocenters. The van der Waals surface area contributed by atoms with E-state index in [2.05, 4.69) is 24.0 Å². The second-order valence-electron chi connectivity index (χ2n) is 5.24. The van der Waals surface area contributed by atoms with Crippen molar-refractivity contribution in [2.24, 2.45) is 5.10 Å². The molecule has 0 radical (unpaired) electrons. The Hall–Kier alpha value is -3.08. The summed E-state index contributed by atoms with van der Waals surface area (Å²) in [6.07, 6.45) is 4.22. The number of hydrogen-bond donors (Lipinski definition) is 1. The second kappa shape index (κ2) is 9.93. The van der Waals surface area contributed by atoms with Crippen LogP contribution < -0.4 is 14.9 Å². The molecule has 2 aromatic carbocycles. The van der Waals surface area contributed by atoms with E-state index in [-0.39, 0.29) is 5.91 Å². The van der Waals surface area contributed by atoms with Gasteiger partial charge >= 0.3 is 0 Å². The lowest BCUT2D eigenvalue weighted by molar-refractivity contribution is 0.0955. The van der Waals surface area contributed by atoms with Gasteiger partial charge in [0.2, 0.25) is 0 Å². The van der Waals surface area contributed by atoms with E-state index in [1.54, 1.807) is 36.6 Å². The number of ether oxygens (including phenoxy) is 2. The molecule has 2 rings (SSSR count). The summed E-state index contributed by atoms with van der Waals surface area (Å²) in [7, 11) is 0. The minimum Gasteiger partial charge on any atom is -0.494 e. The van der Waals surface area contributed by atoms with Gasteiger partial charge < -0.3 is 9.47 Å². The summed E-state index contributed by atoms with van der Waals surface area (Å²) in [5.74, 6) is 1.22. The lowest BCUT2D eigenvalue weighted by Crippen LogP contribution is -2.17. The third-order valence-corrected chi connectivity index (χ3v) is 3.22. The van der Waals surface area contributed by atoms with Crippen molar-refractivity contribution in [2.45, 2.75) is 13.3 Å². The molecule has 5 nitrogen and oxygen atoms in total. The Morgan fingerprint density at radius 3 is 2.36 bits per heavy atom. The van der Waals surface area contributed by atoms with Crippen LogP contribution in [0.4, 0.5) is 0 Å². The maximum atomic E-state index is 12.0. The summed E-state index contributed by atoms with van der Waals surface area (Å²) in [6.45, 7) is 6.77. The Morgan fingerprint density at radius 1 is 1.08 bits per heavy atom. The topological polar surface area (TPSA) is 59.9 Å². The molecule has 0 aliphatic heterocycles. The first kappa shape index (κ1) is 18.3. The third-order valence-electron chi connectivity index (χ3n) is 3.22. The summed E-state index contributed by atoms with van der Waals surface area (Å²) in [5, 5.41) is 3.97. The monoisotopic (exact) mass is 338 g/mol. The van der Waals surface area contributed by atoms with Gasteiger partial charge in [0.05, 0.1) is 12.8 Å². The molecule has 0 aliphatic rings. The quantitative estimate of drug-likeness (QED) is 0.430. The predicted molar refractivity (Wildman–Crippen MR) is 99.4 cm³/mol. The van der Waals surface area contributed by atoms with E-state index in [1.165, 1.54) is 0 Å². The molecule has 5 heteroatoms. The second-order valence-corrected chi connectivity index (χ2v) is 5.24. The van der Waals surface area contributed by atoms with Gasteiger partial charge in [-0.25, -0.2) is 5.43 Å². The number of hydrazone groups is 1. The minimum absolute atomic E-state index is 0.283. The Kier molecular flexibility index (Phi) is 7.25. The molecule has 0 saturated carbocycles. The van der Waals surface area contributed by atoms with Gasteiger partial charge in [0.25, 0.3) is 5.91 Å². The summed E-state index contributed by atoms with van der Waals surface area (Å²) < 4.78 is 10.9. The SMILES string of the molecule is C=CCOc1ccc(C(=O)N/N=C/c2ccc(OCCC)cc2)cc1. The smallest absolute Gasteiger partial charge is 0.271 e. The van der Waals surface area contributed by atoms with Crippen LogP contribution in [0.2, 0.25) is 0 Å². The lowest BCUT2D eigenvalue weighted by Gasteiger charge is -2.05. The molecule has 2 aromatic rings. The average molecular weight is 338 g/mol. The molecule has 0 heterocycles. The van der Waals surface area contributed by atoms with Crippen molar-refractivity contribution < 1.29 is 14.3 Å². The average Bonchev–Trinajstić information content (AvgIpc) is 2.66. The van der Waals surface area contributed by atoms with Crippen molar-refractivity contribution in [3.8, 4) is 11.5 Å². The fourth-order valence-corrected chi connectivity index (χ4v) is 1.96. The highest BCUT2D eigenvalue weighted by Gasteiger charge is 2.04. The molecule has 0 bridgehead atoms. The van der Waals surface area contributed by atoms with Gasteiger partial charge in [-0.15, -0.1) is 0 Å². The largest absolute Gasteiger partial charge is 0.494 e. The van der Waals surface area contributed by atoms with Crippen LogP contribution in [0.3, 0.4) is 0 Å². The highest BCUT2D eigenvalue weighted by atomic mass is 16.5. The number of rotatable bonds is 9. The van der Waals surface area contributed by atoms with Crippen molar-refractivity contribution in [3.05, 3.63) is 72.3 Å². The summed E-state index contributed by atoms with van der Waals surface area (Å²) in [6, 6.07) is 14.3. The van der Waals surface area contributed by atoms with E-state index >= 15 is 0 Å². The summed E-state index contributed by atoms with van der Waals surface area (Å²) in [5.41, 5.74) is 3.88. The van der Waals surface area contributed by atoms with E-state index in [0.29, 0.717) is 24.5 Å². The van der Waals surface area contributed by atoms with Crippen LogP contribution in [0.1, 0.15) is 29.3 Å². The van der Waals surface area contributed by atoms with Crippen LogP contribution in [0, 0.1) is 0 Å². The van der Waals surface area contributed by atoms with Crippen molar-refractivity contribution in [3.63, 3.8) is 0 Å². The fraction of sp³-hybridized carbons (Fsp3) is 0.200. The number of carbonyl (C=O) groups excluding carboxylic acids is 1. The maximum absolute atomic E-state index is 12.0. The molecule has 0 aliphatic carbocycles. The number of carbonyl (C=O) groups is 1. The molecule has 1 N–H and O–H groups in total. The number of amides is 1. The number of hydrogen-bond acceptors (Lipinski definition) is 4. The zero-order chi connectivity index (χ0) is 17.9. The Balaban J connectivity index is 1.86. The molecular formula is C20H22N2O3. The van der Waals surface area contributed by atoms with Gasteiger partial charge in [0, 0.05) is 5.56 Å². The molecule has 25 heavy (non-hydrogen) atoms. The van der Waals surface area contributed by atoms with Crippen LogP contribution >= 0.6 is 0 Å². The standard InChI is InChI=1S/C20H22N2O3/c1-3-13-24-18-9-5-16(6-10-18)15-21-22-20(23)17-7-11-19(12-8-17)25-14-4-2/h4-12,15H,2-3,13-14H2,1H3,(H,22,23)/b21-15+. The predicted octanol–water partition coefficient (Wildman–Crippen LogP) is 3.80. The first-order valence-corrected chi connectivity index (χ1v) is 8.13. The normalized spacial score (nSPS) is 10.4. The molecule has 1 amide bonds.